The van der Waals surface area contributed by atoms with Crippen molar-refractivity contribution in [1.82, 2.24) is 20.6 Å². The van der Waals surface area contributed by atoms with Crippen molar-refractivity contribution in [3.05, 3.63) is 95.1 Å². The molecule has 0 bridgehead atoms. The predicted molar refractivity (Wildman–Crippen MR) is 298 cm³/mol. The lowest BCUT2D eigenvalue weighted by atomic mass is 9.63. The second-order valence-corrected chi connectivity index (χ2v) is 26.4. The SMILES string of the molecule is CC1(C)CCC(C)(C)c2cc(-c3cccc(N4CCC(N[C@@H]5CCC[C@@H](O)[C@H]5O)CC4)n3)ccc21.CC1(C)O[C@H]2[C@H](NC3CCN(c4cccc(-c5ccc6c(c5)C(C)(C)CCC6(C)C)n4)CC3)CCC[C@H]2O1. The van der Waals surface area contributed by atoms with E-state index in [4.69, 9.17) is 19.4 Å². The van der Waals surface area contributed by atoms with Crippen molar-refractivity contribution in [3.8, 4) is 22.5 Å². The zero-order valence-corrected chi connectivity index (χ0v) is 46.3. The van der Waals surface area contributed by atoms with Gasteiger partial charge in [0.05, 0.1) is 29.7 Å². The summed E-state index contributed by atoms with van der Waals surface area (Å²) in [5.74, 6) is 1.69. The Morgan fingerprint density at radius 3 is 1.42 bits per heavy atom. The molecule has 5 heterocycles. The van der Waals surface area contributed by atoms with Gasteiger partial charge in [-0.25, -0.2) is 9.97 Å². The van der Waals surface area contributed by atoms with Crippen molar-refractivity contribution in [2.45, 2.75) is 235 Å². The number of rotatable bonds is 8. The quantitative estimate of drug-likeness (QED) is 0.136. The van der Waals surface area contributed by atoms with Crippen LogP contribution >= 0.6 is 0 Å². The van der Waals surface area contributed by atoms with Crippen LogP contribution in [0.2, 0.25) is 0 Å². The minimum absolute atomic E-state index is 0.00925. The highest BCUT2D eigenvalue weighted by atomic mass is 16.8. The average molecular weight is 995 g/mol. The number of fused-ring (bicyclic) bond motifs is 3. The summed E-state index contributed by atoms with van der Waals surface area (Å²) in [6.07, 6.45) is 14.5. The van der Waals surface area contributed by atoms with Gasteiger partial charge in [-0.15, -0.1) is 0 Å². The molecular formula is C63H90N6O4. The fourth-order valence-corrected chi connectivity index (χ4v) is 13.8. The van der Waals surface area contributed by atoms with Gasteiger partial charge in [-0.2, -0.15) is 0 Å². The largest absolute Gasteiger partial charge is 0.390 e. The van der Waals surface area contributed by atoms with Crippen molar-refractivity contribution >= 4 is 11.6 Å². The number of piperidine rings is 2. The highest BCUT2D eigenvalue weighted by Gasteiger charge is 2.47. The third-order valence-electron chi connectivity index (χ3n) is 18.7. The molecule has 5 fully saturated rings. The van der Waals surface area contributed by atoms with Crippen LogP contribution in [0.1, 0.15) is 181 Å². The number of pyridine rings is 2. The number of benzene rings is 2. The molecule has 0 amide bonds. The molecule has 7 aliphatic rings. The van der Waals surface area contributed by atoms with Crippen LogP contribution < -0.4 is 20.4 Å². The highest BCUT2D eigenvalue weighted by molar-refractivity contribution is 5.66. The number of nitrogens with one attached hydrogen (secondary N) is 2. The number of anilines is 2. The lowest BCUT2D eigenvalue weighted by molar-refractivity contribution is -0.147. The Kier molecular flexibility index (Phi) is 14.8. The molecule has 10 heteroatoms. The number of hydrogen-bond donors (Lipinski definition) is 4. The van der Waals surface area contributed by atoms with Gasteiger partial charge in [-0.05, 0) is 184 Å². The Morgan fingerprint density at radius 1 is 0.493 bits per heavy atom. The maximum absolute atomic E-state index is 10.3. The first-order valence-electron chi connectivity index (χ1n) is 28.6. The molecule has 4 aromatic rings. The lowest BCUT2D eigenvalue weighted by Crippen LogP contribution is -2.54. The minimum Gasteiger partial charge on any atom is -0.390 e. The number of hydrogen-bond acceptors (Lipinski definition) is 10. The van der Waals surface area contributed by atoms with Gasteiger partial charge < -0.3 is 40.1 Å². The van der Waals surface area contributed by atoms with E-state index in [-0.39, 0.29) is 39.9 Å². The summed E-state index contributed by atoms with van der Waals surface area (Å²) in [4.78, 5) is 15.1. The van der Waals surface area contributed by atoms with Crippen LogP contribution in [-0.2, 0) is 31.1 Å². The Morgan fingerprint density at radius 2 is 0.932 bits per heavy atom. The Bertz CT molecular complexity index is 2560. The molecule has 4 N–H and O–H groups in total. The monoisotopic (exact) mass is 995 g/mol. The molecule has 0 radical (unpaired) electrons. The van der Waals surface area contributed by atoms with E-state index in [1.54, 1.807) is 0 Å². The molecule has 3 aliphatic heterocycles. The number of aliphatic hydroxyl groups is 2. The fourth-order valence-electron chi connectivity index (χ4n) is 13.8. The van der Waals surface area contributed by atoms with Crippen LogP contribution in [0.3, 0.4) is 0 Å². The van der Waals surface area contributed by atoms with Crippen molar-refractivity contribution in [1.29, 1.82) is 0 Å². The number of nitrogens with zero attached hydrogens (tertiary/aromatic N) is 4. The molecule has 73 heavy (non-hydrogen) atoms. The lowest BCUT2D eigenvalue weighted by Gasteiger charge is -2.42. The van der Waals surface area contributed by atoms with Crippen LogP contribution in [0, 0.1) is 0 Å². The molecule has 396 valence electrons. The van der Waals surface area contributed by atoms with E-state index in [1.165, 1.54) is 71.9 Å². The van der Waals surface area contributed by atoms with Gasteiger partial charge in [0.1, 0.15) is 17.7 Å². The topological polar surface area (TPSA) is 115 Å². The molecule has 2 aromatic heterocycles. The number of ether oxygens (including phenoxy) is 2. The summed E-state index contributed by atoms with van der Waals surface area (Å²) in [5, 5.41) is 27.9. The summed E-state index contributed by atoms with van der Waals surface area (Å²) < 4.78 is 12.5. The van der Waals surface area contributed by atoms with E-state index < -0.39 is 18.0 Å². The molecule has 3 saturated heterocycles. The van der Waals surface area contributed by atoms with Crippen LogP contribution in [0.15, 0.2) is 72.8 Å². The van der Waals surface area contributed by atoms with Crippen LogP contribution in [0.4, 0.5) is 11.6 Å². The van der Waals surface area contributed by atoms with Crippen molar-refractivity contribution in [2.24, 2.45) is 0 Å². The molecule has 4 aliphatic carbocycles. The van der Waals surface area contributed by atoms with Crippen molar-refractivity contribution in [2.75, 3.05) is 36.0 Å². The second kappa shape index (κ2) is 20.6. The maximum Gasteiger partial charge on any atom is 0.163 e. The van der Waals surface area contributed by atoms with Gasteiger partial charge in [0, 0.05) is 61.5 Å². The third kappa shape index (κ3) is 11.3. The van der Waals surface area contributed by atoms with E-state index in [0.717, 1.165) is 94.1 Å². The van der Waals surface area contributed by atoms with Gasteiger partial charge >= 0.3 is 0 Å². The molecular weight excluding hydrogens is 905 g/mol. The molecule has 10 nitrogen and oxygen atoms in total. The number of aromatic nitrogens is 2. The Balaban J connectivity index is 0.000000168. The summed E-state index contributed by atoms with van der Waals surface area (Å²) in [6.45, 7) is 27.1. The molecule has 0 unspecified atom stereocenters. The molecule has 2 saturated carbocycles. The molecule has 2 aromatic carbocycles. The Hall–Kier alpha value is -3.90. The van der Waals surface area contributed by atoms with Crippen molar-refractivity contribution < 1.29 is 19.7 Å². The van der Waals surface area contributed by atoms with Crippen LogP contribution in [-0.4, -0.2) is 101 Å². The van der Waals surface area contributed by atoms with Crippen LogP contribution in [0.25, 0.3) is 22.5 Å². The average Bonchev–Trinajstić information content (AvgIpc) is 3.71. The molecule has 11 rings (SSSR count). The van der Waals surface area contributed by atoms with Gasteiger partial charge in [-0.1, -0.05) is 91.8 Å². The normalized spacial score (nSPS) is 29.3. The molecule has 6 atom stereocenters. The minimum atomic E-state index is -0.646. The van der Waals surface area contributed by atoms with E-state index in [2.05, 4.69) is 149 Å². The third-order valence-corrected chi connectivity index (χ3v) is 18.7. The molecule has 0 spiro atoms. The van der Waals surface area contributed by atoms with Gasteiger partial charge in [0.25, 0.3) is 0 Å². The standard InChI is InChI=1S/C33H47N3O2.C30H43N3O2/c1-31(2)17-18-32(3,4)25-21-22(13-14-24(25)31)26-9-8-12-29(35-26)36-19-15-23(16-20-36)34-27-10-7-11-28-30(27)38-33(5,6)37-28;1-29(2)15-16-30(3,4)23-19-20(11-12-22(23)29)24-7-6-10-27(32-24)33-17-13-21(14-18-33)31-25-8-5-9-26(34)28(25)35/h8-9,12-14,21,23,27-28,30,34H,7,10-11,15-20H2,1-6H3;6-7,10-12,19,21,25-26,28,31,34-35H,5,8-9,13-18H2,1-4H3/t27-,28-,30+;25-,26-,28+/m11/s1. The van der Waals surface area contributed by atoms with E-state index >= 15 is 0 Å². The zero-order valence-electron chi connectivity index (χ0n) is 46.3. The van der Waals surface area contributed by atoms with E-state index in [1.807, 2.05) is 13.8 Å². The highest BCUT2D eigenvalue weighted by Crippen LogP contribution is 2.48. The van der Waals surface area contributed by atoms with Crippen LogP contribution in [0.5, 0.6) is 0 Å². The van der Waals surface area contributed by atoms with Crippen molar-refractivity contribution in [3.63, 3.8) is 0 Å². The summed E-state index contributed by atoms with van der Waals surface area (Å²) in [5.41, 5.74) is 11.4. The van der Waals surface area contributed by atoms with E-state index in [9.17, 15) is 10.2 Å². The summed E-state index contributed by atoms with van der Waals surface area (Å²) >= 11 is 0. The van der Waals surface area contributed by atoms with Gasteiger partial charge in [-0.3, -0.25) is 0 Å². The predicted octanol–water partition coefficient (Wildman–Crippen LogP) is 11.7. The fraction of sp³-hybridized carbons (Fsp3) is 0.651. The maximum atomic E-state index is 10.3. The second-order valence-electron chi connectivity index (χ2n) is 26.4. The summed E-state index contributed by atoms with van der Waals surface area (Å²) in [6, 6.07) is 28.3. The first-order valence-corrected chi connectivity index (χ1v) is 28.6. The smallest absolute Gasteiger partial charge is 0.163 e. The first-order chi connectivity index (χ1) is 34.6. The number of aliphatic hydroxyl groups excluding tert-OH is 2. The summed E-state index contributed by atoms with van der Waals surface area (Å²) in [7, 11) is 0. The van der Waals surface area contributed by atoms with Gasteiger partial charge in [0.15, 0.2) is 5.79 Å². The first kappa shape index (κ1) is 52.5. The van der Waals surface area contributed by atoms with Gasteiger partial charge in [0.2, 0.25) is 0 Å². The Labute approximate surface area is 438 Å². The zero-order chi connectivity index (χ0) is 51.5. The van der Waals surface area contributed by atoms with E-state index in [0.29, 0.717) is 24.5 Å².